The summed E-state index contributed by atoms with van der Waals surface area (Å²) in [5.41, 5.74) is 0. The number of alkyl halides is 6. The summed E-state index contributed by atoms with van der Waals surface area (Å²) < 4.78 is 71.5. The smallest absolute Gasteiger partial charge is 0.195 e. The molecule has 0 saturated heterocycles. The van der Waals surface area contributed by atoms with Crippen molar-refractivity contribution in [3.05, 3.63) is 12.2 Å². The molecule has 0 fully saturated rings. The third-order valence-corrected chi connectivity index (χ3v) is 1.34. The standard InChI is InChI=1S/C5H2F6.C2H6/c6-3(7)1-2-4(8,9)5(3,10)11;1-2/h1-2H;1-2H3. The van der Waals surface area contributed by atoms with Gasteiger partial charge in [0.05, 0.1) is 0 Å². The highest BCUT2D eigenvalue weighted by Gasteiger charge is 2.73. The molecule has 0 heterocycles. The zero-order chi connectivity index (χ0) is 10.9. The van der Waals surface area contributed by atoms with Gasteiger partial charge < -0.3 is 0 Å². The zero-order valence-corrected chi connectivity index (χ0v) is 6.92. The normalized spacial score (nSPS) is 26.5. The van der Waals surface area contributed by atoms with Gasteiger partial charge in [-0.1, -0.05) is 13.8 Å². The Morgan fingerprint density at radius 2 is 0.923 bits per heavy atom. The minimum Gasteiger partial charge on any atom is -0.195 e. The Morgan fingerprint density at radius 1 is 0.692 bits per heavy atom. The van der Waals surface area contributed by atoms with Crippen LogP contribution in [0.5, 0.6) is 0 Å². The monoisotopic (exact) mass is 206 g/mol. The average Bonchev–Trinajstić information content (AvgIpc) is 2.16. The summed E-state index contributed by atoms with van der Waals surface area (Å²) in [6.45, 7) is 4.00. The molecule has 0 aliphatic heterocycles. The fraction of sp³-hybridized carbons (Fsp3) is 0.714. The molecule has 1 aliphatic rings. The molecule has 1 aliphatic carbocycles. The molecule has 0 spiro atoms. The molecule has 0 aromatic carbocycles. The van der Waals surface area contributed by atoms with Crippen molar-refractivity contribution < 1.29 is 26.3 Å². The van der Waals surface area contributed by atoms with Crippen LogP contribution in [0.3, 0.4) is 0 Å². The molecule has 0 saturated carbocycles. The van der Waals surface area contributed by atoms with Gasteiger partial charge in [0.2, 0.25) is 0 Å². The van der Waals surface area contributed by atoms with Crippen LogP contribution < -0.4 is 0 Å². The van der Waals surface area contributed by atoms with Gasteiger partial charge in [0.25, 0.3) is 0 Å². The van der Waals surface area contributed by atoms with Crippen molar-refractivity contribution in [1.29, 1.82) is 0 Å². The van der Waals surface area contributed by atoms with Crippen LogP contribution in [0.2, 0.25) is 0 Å². The lowest BCUT2D eigenvalue weighted by atomic mass is 10.2. The van der Waals surface area contributed by atoms with E-state index >= 15 is 0 Å². The lowest BCUT2D eigenvalue weighted by molar-refractivity contribution is -0.259. The number of hydrogen-bond acceptors (Lipinski definition) is 0. The van der Waals surface area contributed by atoms with Crippen molar-refractivity contribution >= 4 is 0 Å². The van der Waals surface area contributed by atoms with Crippen LogP contribution in [0.25, 0.3) is 0 Å². The third kappa shape index (κ3) is 1.66. The van der Waals surface area contributed by atoms with E-state index in [9.17, 15) is 26.3 Å². The number of rotatable bonds is 0. The van der Waals surface area contributed by atoms with E-state index in [1.54, 1.807) is 0 Å². The number of halogens is 6. The SMILES string of the molecule is CC.FC1(F)C=CC(F)(F)C1(F)F. The molecule has 0 unspecified atom stereocenters. The number of hydrogen-bond donors (Lipinski definition) is 0. The first-order valence-corrected chi connectivity index (χ1v) is 3.54. The Bertz CT molecular complexity index is 185. The molecule has 0 atom stereocenters. The van der Waals surface area contributed by atoms with Gasteiger partial charge in [0, 0.05) is 0 Å². The van der Waals surface area contributed by atoms with Crippen molar-refractivity contribution in [2.24, 2.45) is 0 Å². The van der Waals surface area contributed by atoms with E-state index in [4.69, 9.17) is 0 Å². The average molecular weight is 206 g/mol. The van der Waals surface area contributed by atoms with Crippen LogP contribution in [0.1, 0.15) is 13.8 Å². The van der Waals surface area contributed by atoms with Gasteiger partial charge in [0.15, 0.2) is 0 Å². The Kier molecular flexibility index (Phi) is 3.06. The molecule has 0 nitrogen and oxygen atoms in total. The van der Waals surface area contributed by atoms with Crippen LogP contribution in [0, 0.1) is 0 Å². The Morgan fingerprint density at radius 3 is 1.00 bits per heavy atom. The summed E-state index contributed by atoms with van der Waals surface area (Å²) in [5, 5.41) is 0. The van der Waals surface area contributed by atoms with Crippen molar-refractivity contribution in [2.45, 2.75) is 31.6 Å². The largest absolute Gasteiger partial charge is 0.379 e. The minimum atomic E-state index is -5.29. The second-order valence-corrected chi connectivity index (χ2v) is 2.15. The highest BCUT2D eigenvalue weighted by atomic mass is 19.3. The van der Waals surface area contributed by atoms with E-state index in [-0.39, 0.29) is 0 Å². The van der Waals surface area contributed by atoms with E-state index in [1.807, 2.05) is 13.8 Å². The Hall–Kier alpha value is -0.680. The first-order chi connectivity index (χ1) is 5.71. The third-order valence-electron chi connectivity index (χ3n) is 1.34. The van der Waals surface area contributed by atoms with E-state index in [1.165, 1.54) is 0 Å². The molecular formula is C7H8F6. The fourth-order valence-electron chi connectivity index (χ4n) is 0.641. The van der Waals surface area contributed by atoms with Gasteiger partial charge in [-0.15, -0.1) is 0 Å². The van der Waals surface area contributed by atoms with Gasteiger partial charge in [-0.3, -0.25) is 0 Å². The van der Waals surface area contributed by atoms with E-state index in [2.05, 4.69) is 0 Å². The second-order valence-electron chi connectivity index (χ2n) is 2.15. The number of allylic oxidation sites excluding steroid dienone is 2. The van der Waals surface area contributed by atoms with Crippen molar-refractivity contribution in [3.8, 4) is 0 Å². The zero-order valence-electron chi connectivity index (χ0n) is 6.92. The topological polar surface area (TPSA) is 0 Å². The lowest BCUT2D eigenvalue weighted by Crippen LogP contribution is -2.47. The van der Waals surface area contributed by atoms with Gasteiger partial charge in [-0.25, -0.2) is 0 Å². The lowest BCUT2D eigenvalue weighted by Gasteiger charge is -2.22. The summed E-state index contributed by atoms with van der Waals surface area (Å²) in [7, 11) is 0. The summed E-state index contributed by atoms with van der Waals surface area (Å²) >= 11 is 0. The molecule has 0 aromatic rings. The molecule has 0 bridgehead atoms. The Balaban J connectivity index is 0.000000671. The molecule has 0 radical (unpaired) electrons. The van der Waals surface area contributed by atoms with Gasteiger partial charge in [-0.2, -0.15) is 26.3 Å². The van der Waals surface area contributed by atoms with Crippen molar-refractivity contribution in [1.82, 2.24) is 0 Å². The predicted molar refractivity (Wildman–Crippen MR) is 35.3 cm³/mol. The molecule has 1 rings (SSSR count). The van der Waals surface area contributed by atoms with Crippen LogP contribution in [0.15, 0.2) is 12.2 Å². The van der Waals surface area contributed by atoms with Gasteiger partial charge in [0.1, 0.15) is 0 Å². The molecule has 0 aromatic heterocycles. The van der Waals surface area contributed by atoms with Crippen molar-refractivity contribution in [2.75, 3.05) is 0 Å². The fourth-order valence-corrected chi connectivity index (χ4v) is 0.641. The first kappa shape index (κ1) is 12.3. The molecule has 0 amide bonds. The van der Waals surface area contributed by atoms with Gasteiger partial charge in [-0.05, 0) is 12.2 Å². The molecular weight excluding hydrogens is 198 g/mol. The van der Waals surface area contributed by atoms with E-state index in [0.29, 0.717) is 0 Å². The maximum atomic E-state index is 11.9. The van der Waals surface area contributed by atoms with Crippen LogP contribution in [-0.2, 0) is 0 Å². The highest BCUT2D eigenvalue weighted by molar-refractivity contribution is 5.22. The molecule has 13 heavy (non-hydrogen) atoms. The van der Waals surface area contributed by atoms with E-state index < -0.39 is 29.9 Å². The van der Waals surface area contributed by atoms with Crippen LogP contribution in [0.4, 0.5) is 26.3 Å². The summed E-state index contributed by atoms with van der Waals surface area (Å²) in [6, 6.07) is 0. The van der Waals surface area contributed by atoms with Crippen LogP contribution in [-0.4, -0.2) is 17.8 Å². The highest BCUT2D eigenvalue weighted by Crippen LogP contribution is 2.51. The quantitative estimate of drug-likeness (QED) is 0.420. The molecule has 78 valence electrons. The van der Waals surface area contributed by atoms with Gasteiger partial charge >= 0.3 is 17.8 Å². The van der Waals surface area contributed by atoms with Crippen molar-refractivity contribution in [3.63, 3.8) is 0 Å². The predicted octanol–water partition coefficient (Wildman–Crippen LogP) is 3.49. The van der Waals surface area contributed by atoms with E-state index in [0.717, 1.165) is 0 Å². The maximum absolute atomic E-state index is 11.9. The summed E-state index contributed by atoms with van der Waals surface area (Å²) in [6.07, 6.45) is -0.958. The van der Waals surface area contributed by atoms with Crippen LogP contribution >= 0.6 is 0 Å². The maximum Gasteiger partial charge on any atom is 0.379 e. The second kappa shape index (κ2) is 3.23. The minimum absolute atomic E-state index is 0.479. The Labute approximate surface area is 71.2 Å². The molecule has 6 heteroatoms. The molecule has 0 N–H and O–H groups in total. The summed E-state index contributed by atoms with van der Waals surface area (Å²) in [5.74, 6) is -14.8. The summed E-state index contributed by atoms with van der Waals surface area (Å²) in [4.78, 5) is 0. The first-order valence-electron chi connectivity index (χ1n) is 3.54.